The van der Waals surface area contributed by atoms with Gasteiger partial charge in [-0.1, -0.05) is 36.4 Å². The number of hydrogen-bond acceptors (Lipinski definition) is 4. The normalized spacial score (nSPS) is 12.8. The Morgan fingerprint density at radius 1 is 1.00 bits per heavy atom. The number of amides is 1. The molecule has 6 nitrogen and oxygen atoms in total. The summed E-state index contributed by atoms with van der Waals surface area (Å²) in [7, 11) is 0. The molecule has 6 heteroatoms. The van der Waals surface area contributed by atoms with Crippen LogP contribution in [0.2, 0.25) is 0 Å². The third kappa shape index (κ3) is 3.40. The van der Waals surface area contributed by atoms with Crippen LogP contribution in [0.5, 0.6) is 11.5 Å². The third-order valence-electron chi connectivity index (χ3n) is 4.55. The van der Waals surface area contributed by atoms with Gasteiger partial charge in [-0.3, -0.25) is 4.79 Å². The summed E-state index contributed by atoms with van der Waals surface area (Å²) >= 11 is 0. The molecule has 0 aliphatic carbocycles. The lowest BCUT2D eigenvalue weighted by Crippen LogP contribution is -2.12. The summed E-state index contributed by atoms with van der Waals surface area (Å²) in [5.41, 5.74) is 1.78. The minimum Gasteiger partial charge on any atom is -0.478 e. The number of carbonyl (C=O) groups excluding carboxylic acids is 1. The fraction of sp³-hybridized carbons (Fsp3) is 0.0909. The topological polar surface area (TPSA) is 84.9 Å². The van der Waals surface area contributed by atoms with Crippen molar-refractivity contribution < 1.29 is 24.2 Å². The van der Waals surface area contributed by atoms with E-state index >= 15 is 0 Å². The van der Waals surface area contributed by atoms with Crippen LogP contribution in [0.3, 0.4) is 0 Å². The second kappa shape index (κ2) is 7.08. The van der Waals surface area contributed by atoms with E-state index in [1.165, 1.54) is 18.2 Å². The van der Waals surface area contributed by atoms with Crippen molar-refractivity contribution in [3.05, 3.63) is 71.8 Å². The van der Waals surface area contributed by atoms with Crippen molar-refractivity contribution in [1.29, 1.82) is 0 Å². The summed E-state index contributed by atoms with van der Waals surface area (Å²) in [4.78, 5) is 24.0. The van der Waals surface area contributed by atoms with Gasteiger partial charge < -0.3 is 19.9 Å². The van der Waals surface area contributed by atoms with Gasteiger partial charge in [-0.25, -0.2) is 4.79 Å². The van der Waals surface area contributed by atoms with Gasteiger partial charge in [0.2, 0.25) is 12.7 Å². The molecule has 0 unspecified atom stereocenters. The van der Waals surface area contributed by atoms with E-state index in [1.54, 1.807) is 0 Å². The zero-order valence-corrected chi connectivity index (χ0v) is 15.1. The van der Waals surface area contributed by atoms with Crippen LogP contribution < -0.4 is 14.8 Å². The van der Waals surface area contributed by atoms with Gasteiger partial charge in [0.1, 0.15) is 0 Å². The lowest BCUT2D eigenvalue weighted by molar-refractivity contribution is -0.111. The first-order valence-corrected chi connectivity index (χ1v) is 8.66. The van der Waals surface area contributed by atoms with E-state index in [0.717, 1.165) is 21.9 Å². The van der Waals surface area contributed by atoms with Gasteiger partial charge in [-0.2, -0.15) is 0 Å². The number of fused-ring (bicyclic) bond motifs is 2. The summed E-state index contributed by atoms with van der Waals surface area (Å²) < 4.78 is 10.5. The summed E-state index contributed by atoms with van der Waals surface area (Å²) in [6, 6.07) is 16.7. The molecule has 0 saturated carbocycles. The molecule has 0 fully saturated rings. The highest BCUT2D eigenvalue weighted by atomic mass is 16.7. The third-order valence-corrected chi connectivity index (χ3v) is 4.55. The van der Waals surface area contributed by atoms with Crippen molar-refractivity contribution in [2.45, 2.75) is 6.92 Å². The molecule has 1 aliphatic rings. The van der Waals surface area contributed by atoms with E-state index < -0.39 is 11.9 Å². The highest BCUT2D eigenvalue weighted by Crippen LogP contribution is 2.37. The Bertz CT molecular complexity index is 1130. The van der Waals surface area contributed by atoms with Gasteiger partial charge in [-0.15, -0.1) is 0 Å². The first kappa shape index (κ1) is 17.6. The molecule has 0 atom stereocenters. The molecule has 4 rings (SSSR count). The maximum Gasteiger partial charge on any atom is 0.337 e. The first-order chi connectivity index (χ1) is 13.5. The Balaban J connectivity index is 1.60. The molecule has 3 aromatic carbocycles. The predicted molar refractivity (Wildman–Crippen MR) is 106 cm³/mol. The van der Waals surface area contributed by atoms with Crippen molar-refractivity contribution >= 4 is 33.9 Å². The maximum atomic E-state index is 12.5. The number of allylic oxidation sites excluding steroid dienone is 1. The lowest BCUT2D eigenvalue weighted by atomic mass is 10.0. The largest absolute Gasteiger partial charge is 0.478 e. The van der Waals surface area contributed by atoms with Gasteiger partial charge in [0.25, 0.3) is 0 Å². The summed E-state index contributed by atoms with van der Waals surface area (Å²) in [6.07, 6.45) is 1.44. The van der Waals surface area contributed by atoms with Crippen LogP contribution >= 0.6 is 0 Å². The fourth-order valence-corrected chi connectivity index (χ4v) is 3.11. The fourth-order valence-electron chi connectivity index (χ4n) is 3.11. The van der Waals surface area contributed by atoms with Crippen molar-refractivity contribution in [1.82, 2.24) is 0 Å². The number of anilines is 1. The van der Waals surface area contributed by atoms with E-state index in [-0.39, 0.29) is 18.0 Å². The van der Waals surface area contributed by atoms with E-state index in [2.05, 4.69) is 5.32 Å². The van der Waals surface area contributed by atoms with E-state index in [0.29, 0.717) is 11.5 Å². The van der Waals surface area contributed by atoms with Gasteiger partial charge >= 0.3 is 5.97 Å². The highest BCUT2D eigenvalue weighted by molar-refractivity contribution is 6.08. The molecular formula is C22H17NO5. The average Bonchev–Trinajstić information content (AvgIpc) is 3.14. The molecule has 0 spiro atoms. The minimum absolute atomic E-state index is 0.0206. The molecular weight excluding hydrogens is 358 g/mol. The zero-order valence-electron chi connectivity index (χ0n) is 15.1. The number of carboxylic acid groups (broad SMARTS) is 1. The molecule has 0 aromatic heterocycles. The molecule has 0 bridgehead atoms. The Kier molecular flexibility index (Phi) is 4.45. The van der Waals surface area contributed by atoms with E-state index in [4.69, 9.17) is 9.47 Å². The Morgan fingerprint density at radius 2 is 1.71 bits per heavy atom. The molecule has 1 heterocycles. The maximum absolute atomic E-state index is 12.5. The van der Waals surface area contributed by atoms with Gasteiger partial charge in [0, 0.05) is 18.2 Å². The highest BCUT2D eigenvalue weighted by Gasteiger charge is 2.21. The van der Waals surface area contributed by atoms with Crippen LogP contribution in [-0.2, 0) is 4.79 Å². The number of rotatable bonds is 4. The second-order valence-electron chi connectivity index (χ2n) is 6.43. The number of nitrogens with one attached hydrogen (secondary N) is 1. The number of carbonyl (C=O) groups is 2. The summed E-state index contributed by atoms with van der Waals surface area (Å²) in [5.74, 6) is -0.843. The van der Waals surface area contributed by atoms with Crippen molar-refractivity contribution in [2.75, 3.05) is 12.1 Å². The SMILES string of the molecule is C/C(=C/C(=O)Nc1cc2c(cc1C(=O)O)OCO2)c1ccc2ccccc2c1. The Labute approximate surface area is 161 Å². The Hall–Kier alpha value is -3.80. The zero-order chi connectivity index (χ0) is 19.7. The molecule has 2 N–H and O–H groups in total. The van der Waals surface area contributed by atoms with E-state index in [1.807, 2.05) is 49.4 Å². The lowest BCUT2D eigenvalue weighted by Gasteiger charge is -2.09. The monoisotopic (exact) mass is 375 g/mol. The molecule has 1 aliphatic heterocycles. The van der Waals surface area contributed by atoms with Crippen LogP contribution in [0.1, 0.15) is 22.8 Å². The number of carboxylic acids is 1. The number of hydrogen-bond donors (Lipinski definition) is 2. The summed E-state index contributed by atoms with van der Waals surface area (Å²) in [6.45, 7) is 1.86. The van der Waals surface area contributed by atoms with Crippen LogP contribution in [0, 0.1) is 0 Å². The molecule has 1 amide bonds. The number of ether oxygens (including phenoxy) is 2. The molecule has 28 heavy (non-hydrogen) atoms. The number of benzene rings is 3. The van der Waals surface area contributed by atoms with Crippen LogP contribution in [0.25, 0.3) is 16.3 Å². The van der Waals surface area contributed by atoms with Gasteiger partial charge in [0.05, 0.1) is 11.3 Å². The van der Waals surface area contributed by atoms with Gasteiger partial charge in [-0.05, 0) is 34.9 Å². The molecule has 3 aromatic rings. The molecule has 0 saturated heterocycles. The van der Waals surface area contributed by atoms with Crippen molar-refractivity contribution in [3.8, 4) is 11.5 Å². The van der Waals surface area contributed by atoms with Gasteiger partial charge in [0.15, 0.2) is 11.5 Å². The van der Waals surface area contributed by atoms with E-state index in [9.17, 15) is 14.7 Å². The Morgan fingerprint density at radius 3 is 2.46 bits per heavy atom. The first-order valence-electron chi connectivity index (χ1n) is 8.66. The quantitative estimate of drug-likeness (QED) is 0.664. The van der Waals surface area contributed by atoms with Crippen LogP contribution in [0.4, 0.5) is 5.69 Å². The van der Waals surface area contributed by atoms with Crippen molar-refractivity contribution in [2.24, 2.45) is 0 Å². The average molecular weight is 375 g/mol. The summed E-state index contributed by atoms with van der Waals surface area (Å²) in [5, 5.41) is 14.2. The van der Waals surface area contributed by atoms with Crippen LogP contribution in [0.15, 0.2) is 60.7 Å². The molecule has 0 radical (unpaired) electrons. The van der Waals surface area contributed by atoms with Crippen LogP contribution in [-0.4, -0.2) is 23.8 Å². The van der Waals surface area contributed by atoms with Crippen molar-refractivity contribution in [3.63, 3.8) is 0 Å². The smallest absolute Gasteiger partial charge is 0.337 e. The predicted octanol–water partition coefficient (Wildman–Crippen LogP) is 4.31. The molecule has 140 valence electrons. The second-order valence-corrected chi connectivity index (χ2v) is 6.43. The standard InChI is InChI=1S/C22H17NO5/c1-13(15-7-6-14-4-2-3-5-16(14)9-15)8-21(24)23-18-11-20-19(27-12-28-20)10-17(18)22(25)26/h2-11H,12H2,1H3,(H,23,24)(H,25,26)/b13-8-. The minimum atomic E-state index is -1.16. The number of aromatic carboxylic acids is 1.